The average molecular weight is 1850 g/mol. The Labute approximate surface area is 739 Å². The van der Waals surface area contributed by atoms with Gasteiger partial charge in [0.15, 0.2) is 47.7 Å². The van der Waals surface area contributed by atoms with Gasteiger partial charge in [-0.25, -0.2) is 52.4 Å². The van der Waals surface area contributed by atoms with Crippen LogP contribution in [-0.4, -0.2) is 105 Å². The van der Waals surface area contributed by atoms with Crippen molar-refractivity contribution in [2.24, 2.45) is 0 Å². The summed E-state index contributed by atoms with van der Waals surface area (Å²) >= 11 is 27.2. The molecular weight excluding hydrogens is 1770 g/mol. The maximum atomic E-state index is 13.3. The lowest BCUT2D eigenvalue weighted by Gasteiger charge is -2.05. The van der Waals surface area contributed by atoms with Crippen molar-refractivity contribution in [1.82, 2.24) is 105 Å². The van der Waals surface area contributed by atoms with Crippen LogP contribution in [-0.2, 0) is 46.7 Å². The smallest absolute Gasteiger partial charge is 0.251 e. The molecule has 0 saturated carbocycles. The highest BCUT2D eigenvalue weighted by Crippen LogP contribution is 2.30. The molecule has 122 heavy (non-hydrogen) atoms. The zero-order valence-electron chi connectivity index (χ0n) is 66.3. The zero-order chi connectivity index (χ0) is 88.2. The van der Waals surface area contributed by atoms with Crippen LogP contribution in [0.3, 0.4) is 0 Å². The summed E-state index contributed by atoms with van der Waals surface area (Å²) in [5, 5.41) is 5.23. The van der Waals surface area contributed by atoms with E-state index in [0.717, 1.165) is 64.0 Å². The predicted molar refractivity (Wildman–Crippen MR) is 473 cm³/mol. The second-order valence-corrected chi connectivity index (χ2v) is 33.0. The Morgan fingerprint density at radius 1 is 0.303 bits per heavy atom. The van der Waals surface area contributed by atoms with Gasteiger partial charge in [0.05, 0.1) is 49.2 Å². The van der Waals surface area contributed by atoms with E-state index < -0.39 is 11.6 Å². The average Bonchev–Trinajstić information content (AvgIpc) is 0.855. The topological polar surface area (TPSA) is 410 Å². The summed E-state index contributed by atoms with van der Waals surface area (Å²) in [6.07, 6.45) is 13.4. The molecule has 0 aliphatic rings. The number of aromatic amines is 7. The highest BCUT2D eigenvalue weighted by atomic mass is 35.5. The van der Waals surface area contributed by atoms with Crippen molar-refractivity contribution in [2.75, 3.05) is 0 Å². The lowest BCUT2D eigenvalue weighted by atomic mass is 10.1. The van der Waals surface area contributed by atoms with E-state index in [4.69, 9.17) is 34.8 Å². The highest BCUT2D eigenvalue weighted by molar-refractivity contribution is 7.99. The molecular formula is C80H76Cl3F4N21O7S7. The third-order valence-corrected chi connectivity index (χ3v) is 22.6. The fraction of sp³-hybridized carbons (Fsp3) is 0.212. The number of rotatable bonds is 22. The lowest BCUT2D eigenvalue weighted by Crippen LogP contribution is -2.08. The van der Waals surface area contributed by atoms with E-state index >= 15 is 0 Å². The molecule has 0 aliphatic heterocycles. The second kappa shape index (κ2) is 50.0. The number of nitrogens with one attached hydrogen (secondary N) is 7. The molecule has 28 nitrogen and oxygen atoms in total. The van der Waals surface area contributed by atoms with Crippen molar-refractivity contribution < 1.29 is 17.6 Å². The molecule has 0 radical (unpaired) electrons. The largest absolute Gasteiger partial charge is 0.301 e. The molecule has 42 heteroatoms. The summed E-state index contributed by atoms with van der Waals surface area (Å²) in [4.78, 5) is 155. The van der Waals surface area contributed by atoms with Crippen LogP contribution in [0.2, 0.25) is 15.1 Å². The van der Waals surface area contributed by atoms with Gasteiger partial charge in [-0.3, -0.25) is 68.4 Å². The minimum absolute atomic E-state index is 0.0100. The first-order valence-corrected chi connectivity index (χ1v) is 44.1. The van der Waals surface area contributed by atoms with Crippen LogP contribution in [0.4, 0.5) is 17.6 Å². The molecule has 634 valence electrons. The first kappa shape index (κ1) is 96.7. The van der Waals surface area contributed by atoms with E-state index in [1.165, 1.54) is 162 Å². The fourth-order valence-corrected chi connectivity index (χ4v) is 16.5. The molecule has 7 N–H and O–H groups in total. The third-order valence-electron chi connectivity index (χ3n) is 15.2. The van der Waals surface area contributed by atoms with Gasteiger partial charge in [0, 0.05) is 178 Å². The predicted octanol–water partition coefficient (Wildman–Crippen LogP) is 15.7. The van der Waals surface area contributed by atoms with Crippen LogP contribution in [0.5, 0.6) is 0 Å². The first-order valence-electron chi connectivity index (χ1n) is 36.0. The van der Waals surface area contributed by atoms with E-state index in [0.29, 0.717) is 125 Å². The van der Waals surface area contributed by atoms with Gasteiger partial charge in [-0.05, 0) is 128 Å². The normalized spacial score (nSPS) is 10.5. The molecule has 14 aromatic rings. The number of halogens is 7. The Kier molecular flexibility index (Phi) is 39.6. The van der Waals surface area contributed by atoms with Crippen molar-refractivity contribution in [2.45, 2.75) is 145 Å². The van der Waals surface area contributed by atoms with E-state index in [2.05, 4.69) is 118 Å². The van der Waals surface area contributed by atoms with Gasteiger partial charge in [0.2, 0.25) is 0 Å². The molecule has 0 fully saturated rings. The fourth-order valence-electron chi connectivity index (χ4n) is 9.59. The highest BCUT2D eigenvalue weighted by Gasteiger charge is 2.15. The maximum Gasteiger partial charge on any atom is 0.251 e. The van der Waals surface area contributed by atoms with Gasteiger partial charge in [-0.2, -0.15) is 0 Å². The number of aryl methyl sites for hydroxylation is 9. The molecule has 0 saturated heterocycles. The van der Waals surface area contributed by atoms with Gasteiger partial charge in [-0.1, -0.05) is 136 Å². The summed E-state index contributed by atoms with van der Waals surface area (Å²) < 4.78 is 52.8. The molecule has 0 spiro atoms. The van der Waals surface area contributed by atoms with Crippen LogP contribution in [0.25, 0.3) is 0 Å². The molecule has 0 aliphatic carbocycles. The number of hydrogen-bond donors (Lipinski definition) is 7. The van der Waals surface area contributed by atoms with Crippen LogP contribution in [0.1, 0.15) is 97.6 Å². The lowest BCUT2D eigenvalue weighted by molar-refractivity contribution is 0.496. The van der Waals surface area contributed by atoms with Crippen LogP contribution in [0.15, 0.2) is 228 Å². The molecule has 14 aromatic heterocycles. The van der Waals surface area contributed by atoms with Gasteiger partial charge >= 0.3 is 0 Å². The van der Waals surface area contributed by atoms with Crippen molar-refractivity contribution in [3.05, 3.63) is 360 Å². The zero-order valence-corrected chi connectivity index (χ0v) is 74.3. The molecule has 0 atom stereocenters. The van der Waals surface area contributed by atoms with Crippen molar-refractivity contribution >= 4 is 117 Å². The minimum Gasteiger partial charge on any atom is -0.301 e. The second-order valence-electron chi connectivity index (χ2n) is 25.0. The maximum absolute atomic E-state index is 13.3. The standard InChI is InChI=1S/C13H15N3OS.C12H13N3OS.C11H9Cl2N3OS.C11H10ClN3OS.C11H9F2N3OS.2C11H10FN3OS/c1-3-10-5-4-6-14-11(10)8-18-13-15-9(2)7-12(17)16-13;1-8-4-3-5-13-10(8)7-17-12-14-9(2)6-11(16)15-12;1-6-4-9(17)16-11(15-6)18-5-8-10(13)7(12)2-3-14-8;1-7-5-10(16)15-11(14-7)17-6-9-8(12)3-2-4-13-9;1-6-4-9(17)16-11(15-6)18-5-8-10(13)7(12)2-3-14-8;1-7-4-10(16)15-11(14-7)17-6-8-5-13-3-2-9(8)12;1-7-5-10(16)15-11(14-7)17-6-9-8(12)3-2-4-13-9/h4-7H,3,8H2,1-2H3,(H,15,16,17);3-6H,7H2,1-2H3,(H,14,15,16);2-4H,5H2,1H3,(H,15,16,17);2-5H,6H2,1H3,(H,14,15,16);2-4H,5H2,1H3,(H,15,16,17);2*2-5H,6H2,1H3,(H,14,15,16). The molecule has 0 amide bonds. The molecule has 0 bridgehead atoms. The molecule has 0 unspecified atom stereocenters. The molecule has 0 aromatic carbocycles. The molecule has 14 heterocycles. The number of hydrogen-bond acceptors (Lipinski definition) is 28. The quantitative estimate of drug-likeness (QED) is 0.0188. The van der Waals surface area contributed by atoms with Crippen LogP contribution >= 0.6 is 117 Å². The van der Waals surface area contributed by atoms with Gasteiger partial charge in [0.25, 0.3) is 38.9 Å². The van der Waals surface area contributed by atoms with Crippen molar-refractivity contribution in [3.63, 3.8) is 0 Å². The Balaban J connectivity index is 0.000000177. The Bertz CT molecular complexity index is 5770. The number of aromatic nitrogens is 21. The Morgan fingerprint density at radius 3 is 1.02 bits per heavy atom. The van der Waals surface area contributed by atoms with E-state index in [1.54, 1.807) is 77.6 Å². The first-order chi connectivity index (χ1) is 58.4. The van der Waals surface area contributed by atoms with Crippen molar-refractivity contribution in [3.8, 4) is 0 Å². The van der Waals surface area contributed by atoms with Crippen LogP contribution < -0.4 is 38.9 Å². The molecule has 14 rings (SSSR count). The van der Waals surface area contributed by atoms with Crippen LogP contribution in [0, 0.1) is 78.7 Å². The summed E-state index contributed by atoms with van der Waals surface area (Å²) in [5.74, 6) is 0.734. The number of thioether (sulfide) groups is 7. The SMILES string of the molecule is CCc1cccnc1CSc1nc(C)cc(=O)[nH]1.Cc1cc(=O)[nH]c(SCc2cnccc2F)n1.Cc1cc(=O)[nH]c(SCc2nccc(Cl)c2Cl)n1.Cc1cc(=O)[nH]c(SCc2nccc(F)c2F)n1.Cc1cc(=O)[nH]c(SCc2ncccc2C)n1.Cc1cc(=O)[nH]c(SCc2ncccc2Cl)n1.Cc1cc(=O)[nH]c(SCc2ncccc2F)n1. The number of nitrogens with zero attached hydrogens (tertiary/aromatic N) is 14. The van der Waals surface area contributed by atoms with Crippen molar-refractivity contribution in [1.29, 1.82) is 0 Å². The summed E-state index contributed by atoms with van der Waals surface area (Å²) in [7, 11) is 0. The van der Waals surface area contributed by atoms with E-state index in [1.807, 2.05) is 39.0 Å². The summed E-state index contributed by atoms with van der Waals surface area (Å²) in [6.45, 7) is 16.5. The minimum atomic E-state index is -0.972. The Morgan fingerprint density at radius 2 is 0.623 bits per heavy atom. The summed E-state index contributed by atoms with van der Waals surface area (Å²) in [5.41, 5.74) is 10.2. The number of H-pyrrole nitrogens is 7. The third kappa shape index (κ3) is 34.3. The van der Waals surface area contributed by atoms with Gasteiger partial charge < -0.3 is 34.9 Å². The number of pyridine rings is 7. The van der Waals surface area contributed by atoms with Gasteiger partial charge in [0.1, 0.15) is 11.6 Å². The van der Waals surface area contributed by atoms with Gasteiger partial charge in [-0.15, -0.1) is 0 Å². The summed E-state index contributed by atoms with van der Waals surface area (Å²) in [6, 6.07) is 28.4. The monoisotopic (exact) mass is 1850 g/mol. The van der Waals surface area contributed by atoms with E-state index in [-0.39, 0.29) is 62.0 Å². The Hall–Kier alpha value is -10.8. The van der Waals surface area contributed by atoms with E-state index in [9.17, 15) is 51.1 Å².